The summed E-state index contributed by atoms with van der Waals surface area (Å²) in [6, 6.07) is 12.2. The SMILES string of the molecule is COCCNC(=O)CN(c1ccc(Cl)cc1Cl)S(=O)(=O)c1ccccc1. The molecular formula is C17H18Cl2N2O4S. The molecule has 9 heteroatoms. The summed E-state index contributed by atoms with van der Waals surface area (Å²) in [5, 5.41) is 3.09. The van der Waals surface area contributed by atoms with Crippen LogP contribution in [0.2, 0.25) is 10.0 Å². The molecule has 0 aromatic heterocycles. The van der Waals surface area contributed by atoms with E-state index in [0.717, 1.165) is 4.31 Å². The molecule has 1 amide bonds. The zero-order chi connectivity index (χ0) is 19.2. The number of halogens is 2. The Balaban J connectivity index is 2.40. The number of ether oxygens (including phenoxy) is 1. The van der Waals surface area contributed by atoms with E-state index in [1.54, 1.807) is 18.2 Å². The van der Waals surface area contributed by atoms with Crippen LogP contribution in [0.15, 0.2) is 53.4 Å². The van der Waals surface area contributed by atoms with Gasteiger partial charge in [0.1, 0.15) is 6.54 Å². The summed E-state index contributed by atoms with van der Waals surface area (Å²) in [6.07, 6.45) is 0. The minimum absolute atomic E-state index is 0.0516. The van der Waals surface area contributed by atoms with Gasteiger partial charge in [-0.1, -0.05) is 41.4 Å². The first-order valence-corrected chi connectivity index (χ1v) is 9.84. The van der Waals surface area contributed by atoms with Crippen LogP contribution in [0.4, 0.5) is 5.69 Å². The van der Waals surface area contributed by atoms with E-state index in [1.165, 1.54) is 37.4 Å². The molecule has 0 aliphatic rings. The minimum atomic E-state index is -4.00. The van der Waals surface area contributed by atoms with Gasteiger partial charge in [-0.15, -0.1) is 0 Å². The van der Waals surface area contributed by atoms with Crippen molar-refractivity contribution in [2.24, 2.45) is 0 Å². The van der Waals surface area contributed by atoms with E-state index in [1.807, 2.05) is 0 Å². The summed E-state index contributed by atoms with van der Waals surface area (Å²) >= 11 is 12.1. The summed E-state index contributed by atoms with van der Waals surface area (Å²) < 4.78 is 32.0. The molecule has 0 heterocycles. The van der Waals surface area contributed by atoms with Crippen LogP contribution in [0, 0.1) is 0 Å². The molecule has 0 aliphatic carbocycles. The average Bonchev–Trinajstić information content (AvgIpc) is 2.61. The van der Waals surface area contributed by atoms with E-state index in [-0.39, 0.29) is 22.2 Å². The molecule has 0 fully saturated rings. The molecule has 0 radical (unpaired) electrons. The second-order valence-corrected chi connectivity index (χ2v) is 7.97. The van der Waals surface area contributed by atoms with Crippen LogP contribution >= 0.6 is 23.2 Å². The largest absolute Gasteiger partial charge is 0.383 e. The van der Waals surface area contributed by atoms with Crippen LogP contribution in [0.3, 0.4) is 0 Å². The first-order valence-electron chi connectivity index (χ1n) is 7.64. The lowest BCUT2D eigenvalue weighted by atomic mass is 10.3. The monoisotopic (exact) mass is 416 g/mol. The minimum Gasteiger partial charge on any atom is -0.383 e. The fourth-order valence-electron chi connectivity index (χ4n) is 2.18. The number of sulfonamides is 1. The van der Waals surface area contributed by atoms with Gasteiger partial charge in [0, 0.05) is 18.7 Å². The molecule has 0 atom stereocenters. The predicted octanol–water partition coefficient (Wildman–Crippen LogP) is 2.95. The van der Waals surface area contributed by atoms with E-state index in [2.05, 4.69) is 5.32 Å². The van der Waals surface area contributed by atoms with Crippen molar-refractivity contribution < 1.29 is 17.9 Å². The van der Waals surface area contributed by atoms with Crippen LogP contribution in [0.1, 0.15) is 0 Å². The van der Waals surface area contributed by atoms with Gasteiger partial charge in [0.2, 0.25) is 5.91 Å². The molecule has 2 aromatic rings. The summed E-state index contributed by atoms with van der Waals surface area (Å²) in [5.74, 6) is -0.479. The molecule has 2 aromatic carbocycles. The topological polar surface area (TPSA) is 75.7 Å². The molecule has 0 saturated heterocycles. The number of carbonyl (C=O) groups is 1. The van der Waals surface area contributed by atoms with Crippen LogP contribution < -0.4 is 9.62 Å². The van der Waals surface area contributed by atoms with Gasteiger partial charge in [-0.05, 0) is 30.3 Å². The maximum absolute atomic E-state index is 13.1. The third kappa shape index (κ3) is 5.11. The van der Waals surface area contributed by atoms with Crippen LogP contribution in [-0.4, -0.2) is 41.1 Å². The Bertz CT molecular complexity index is 860. The highest BCUT2D eigenvalue weighted by Crippen LogP contribution is 2.32. The van der Waals surface area contributed by atoms with Gasteiger partial charge in [0.15, 0.2) is 0 Å². The molecule has 0 bridgehead atoms. The second kappa shape index (κ2) is 9.23. The highest BCUT2D eigenvalue weighted by Gasteiger charge is 2.28. The van der Waals surface area contributed by atoms with Crippen LogP contribution in [-0.2, 0) is 19.6 Å². The quantitative estimate of drug-likeness (QED) is 0.671. The number of hydrogen-bond acceptors (Lipinski definition) is 4. The number of rotatable bonds is 8. The summed E-state index contributed by atoms with van der Waals surface area (Å²) in [7, 11) is -2.50. The Morgan fingerprint density at radius 1 is 1.15 bits per heavy atom. The van der Waals surface area contributed by atoms with E-state index in [4.69, 9.17) is 27.9 Å². The highest BCUT2D eigenvalue weighted by atomic mass is 35.5. The van der Waals surface area contributed by atoms with Gasteiger partial charge in [-0.3, -0.25) is 9.10 Å². The number of anilines is 1. The lowest BCUT2D eigenvalue weighted by molar-refractivity contribution is -0.119. The van der Waals surface area contributed by atoms with E-state index in [9.17, 15) is 13.2 Å². The maximum Gasteiger partial charge on any atom is 0.264 e. The maximum atomic E-state index is 13.1. The van der Waals surface area contributed by atoms with E-state index in [0.29, 0.717) is 11.6 Å². The number of nitrogens with one attached hydrogen (secondary N) is 1. The van der Waals surface area contributed by atoms with E-state index < -0.39 is 22.5 Å². The third-order valence-electron chi connectivity index (χ3n) is 3.43. The molecule has 140 valence electrons. The number of amides is 1. The smallest absolute Gasteiger partial charge is 0.264 e. The first-order chi connectivity index (χ1) is 12.4. The van der Waals surface area contributed by atoms with Gasteiger partial charge < -0.3 is 10.1 Å². The van der Waals surface area contributed by atoms with E-state index >= 15 is 0 Å². The molecule has 26 heavy (non-hydrogen) atoms. The molecule has 0 unspecified atom stereocenters. The normalized spacial score (nSPS) is 11.2. The average molecular weight is 417 g/mol. The fraction of sp³-hybridized carbons (Fsp3) is 0.235. The number of hydrogen-bond donors (Lipinski definition) is 1. The number of nitrogens with zero attached hydrogens (tertiary/aromatic N) is 1. The van der Waals surface area contributed by atoms with Crippen molar-refractivity contribution in [3.63, 3.8) is 0 Å². The predicted molar refractivity (Wildman–Crippen MR) is 102 cm³/mol. The van der Waals surface area contributed by atoms with Crippen molar-refractivity contribution in [3.05, 3.63) is 58.6 Å². The molecule has 0 aliphatic heterocycles. The van der Waals surface area contributed by atoms with Crippen molar-refractivity contribution in [3.8, 4) is 0 Å². The molecule has 0 spiro atoms. The van der Waals surface area contributed by atoms with Gasteiger partial charge in [0.25, 0.3) is 10.0 Å². The molecule has 0 saturated carbocycles. The van der Waals surface area contributed by atoms with Crippen molar-refractivity contribution in [1.82, 2.24) is 5.32 Å². The fourth-order valence-corrected chi connectivity index (χ4v) is 4.20. The zero-order valence-electron chi connectivity index (χ0n) is 14.0. The lowest BCUT2D eigenvalue weighted by Crippen LogP contribution is -2.41. The molecule has 6 nitrogen and oxygen atoms in total. The van der Waals surface area contributed by atoms with Gasteiger partial charge in [-0.2, -0.15) is 0 Å². The first kappa shape index (κ1) is 20.5. The van der Waals surface area contributed by atoms with Gasteiger partial charge in [0.05, 0.1) is 22.2 Å². The van der Waals surface area contributed by atoms with Crippen LogP contribution in [0.5, 0.6) is 0 Å². The Labute approximate surface area is 162 Å². The highest BCUT2D eigenvalue weighted by molar-refractivity contribution is 7.92. The van der Waals surface area contributed by atoms with Crippen molar-refractivity contribution >= 4 is 44.8 Å². The Kier molecular flexibility index (Phi) is 7.28. The third-order valence-corrected chi connectivity index (χ3v) is 5.74. The zero-order valence-corrected chi connectivity index (χ0v) is 16.3. The summed E-state index contributed by atoms with van der Waals surface area (Å²) in [4.78, 5) is 12.3. The van der Waals surface area contributed by atoms with Crippen molar-refractivity contribution in [1.29, 1.82) is 0 Å². The number of carbonyl (C=O) groups excluding carboxylic acids is 1. The lowest BCUT2D eigenvalue weighted by Gasteiger charge is -2.25. The second-order valence-electron chi connectivity index (χ2n) is 5.26. The van der Waals surface area contributed by atoms with Crippen molar-refractivity contribution in [2.45, 2.75) is 4.90 Å². The molecular weight excluding hydrogens is 399 g/mol. The standard InChI is InChI=1S/C17H18Cl2N2O4S/c1-25-10-9-20-17(22)12-21(16-8-7-13(18)11-15(16)19)26(23,24)14-5-3-2-4-6-14/h2-8,11H,9-10,12H2,1H3,(H,20,22). The Morgan fingerprint density at radius 3 is 2.46 bits per heavy atom. The Morgan fingerprint density at radius 2 is 1.85 bits per heavy atom. The van der Waals surface area contributed by atoms with Crippen molar-refractivity contribution in [2.75, 3.05) is 31.1 Å². The number of methoxy groups -OCH3 is 1. The van der Waals surface area contributed by atoms with Crippen LogP contribution in [0.25, 0.3) is 0 Å². The molecule has 2 rings (SSSR count). The van der Waals surface area contributed by atoms with Gasteiger partial charge >= 0.3 is 0 Å². The Hall–Kier alpha value is -1.80. The summed E-state index contributed by atoms with van der Waals surface area (Å²) in [5.41, 5.74) is 0.168. The van der Waals surface area contributed by atoms with Gasteiger partial charge in [-0.25, -0.2) is 8.42 Å². The number of benzene rings is 2. The molecule has 1 N–H and O–H groups in total. The summed E-state index contributed by atoms with van der Waals surface area (Å²) in [6.45, 7) is 0.157.